The van der Waals surface area contributed by atoms with Crippen molar-refractivity contribution < 1.29 is 19.5 Å². The van der Waals surface area contributed by atoms with Gasteiger partial charge in [0.2, 0.25) is 0 Å². The Hall–Kier alpha value is -1.91. The maximum absolute atomic E-state index is 11.0. The molecular formula is C29H49NO3. The number of allylic oxidation sites excluding steroid dienone is 9. The van der Waals surface area contributed by atoms with Gasteiger partial charge in [0, 0.05) is 12.4 Å². The van der Waals surface area contributed by atoms with E-state index in [9.17, 15) is 15.0 Å². The van der Waals surface area contributed by atoms with Crippen molar-refractivity contribution in [3.63, 3.8) is 0 Å². The topological polar surface area (TPSA) is 60.4 Å². The van der Waals surface area contributed by atoms with Crippen LogP contribution in [-0.4, -0.2) is 48.8 Å². The maximum Gasteiger partial charge on any atom is 0.137 e. The molecule has 188 valence electrons. The highest BCUT2D eigenvalue weighted by Gasteiger charge is 2.30. The van der Waals surface area contributed by atoms with E-state index in [1.54, 1.807) is 12.2 Å². The van der Waals surface area contributed by atoms with E-state index in [1.165, 1.54) is 70.3 Å². The number of carbonyl (C=O) groups is 1. The molecule has 0 heterocycles. The monoisotopic (exact) mass is 459 g/mol. The lowest BCUT2D eigenvalue weighted by atomic mass is 9.97. The molecule has 0 aromatic heterocycles. The molecule has 0 aliphatic carbocycles. The number of likely N-dealkylation sites (N-methyl/N-ethyl adjacent to an activating group) is 1. The lowest BCUT2D eigenvalue weighted by molar-refractivity contribution is -0.876. The Morgan fingerprint density at radius 1 is 0.758 bits per heavy atom. The molecule has 0 saturated carbocycles. The van der Waals surface area contributed by atoms with E-state index in [0.29, 0.717) is 4.48 Å². The number of hydrogen-bond donors (Lipinski definition) is 1. The zero-order chi connectivity index (χ0) is 24.8. The van der Waals surface area contributed by atoms with Gasteiger partial charge in [0.1, 0.15) is 12.1 Å². The van der Waals surface area contributed by atoms with Crippen LogP contribution in [0.1, 0.15) is 84.0 Å². The molecule has 0 amide bonds. The standard InChI is InChI=1S/C29H49NO3/c1-5-6-7-8-9-10-11-12-13-14-15-16-17-18-19-20-21-22-23-24-25-29(33,26-28(31)32)27-30(2,3)4/h16-25,33H,5-15,26-27H2,1-4H3. The molecule has 0 aliphatic heterocycles. The van der Waals surface area contributed by atoms with Crippen molar-refractivity contribution in [2.75, 3.05) is 27.7 Å². The number of aliphatic hydroxyl groups is 1. The van der Waals surface area contributed by atoms with Crippen LogP contribution in [0, 0.1) is 0 Å². The fourth-order valence-electron chi connectivity index (χ4n) is 3.78. The van der Waals surface area contributed by atoms with E-state index in [4.69, 9.17) is 0 Å². The lowest BCUT2D eigenvalue weighted by Crippen LogP contribution is -2.50. The number of hydrogen-bond acceptors (Lipinski definition) is 3. The van der Waals surface area contributed by atoms with Crippen molar-refractivity contribution in [2.24, 2.45) is 0 Å². The number of nitrogens with zero attached hydrogens (tertiary/aromatic N) is 1. The first-order chi connectivity index (χ1) is 15.7. The molecule has 0 aromatic rings. The summed E-state index contributed by atoms with van der Waals surface area (Å²) in [6.45, 7) is 2.55. The molecule has 4 heteroatoms. The van der Waals surface area contributed by atoms with Crippen molar-refractivity contribution in [1.82, 2.24) is 0 Å². The van der Waals surface area contributed by atoms with Crippen molar-refractivity contribution in [3.05, 3.63) is 60.8 Å². The zero-order valence-electron chi connectivity index (χ0n) is 21.7. The van der Waals surface area contributed by atoms with Crippen molar-refractivity contribution >= 4 is 5.97 Å². The summed E-state index contributed by atoms with van der Waals surface area (Å²) < 4.78 is 0.454. The van der Waals surface area contributed by atoms with E-state index in [-0.39, 0.29) is 6.54 Å². The Morgan fingerprint density at radius 2 is 1.21 bits per heavy atom. The number of quaternary nitrogens is 1. The number of unbranched alkanes of at least 4 members (excludes halogenated alkanes) is 10. The van der Waals surface area contributed by atoms with Gasteiger partial charge in [0.15, 0.2) is 0 Å². The van der Waals surface area contributed by atoms with E-state index in [0.717, 1.165) is 6.42 Å². The van der Waals surface area contributed by atoms with Crippen molar-refractivity contribution in [2.45, 2.75) is 89.6 Å². The first kappa shape index (κ1) is 31.1. The molecule has 0 saturated heterocycles. The van der Waals surface area contributed by atoms with Crippen LogP contribution >= 0.6 is 0 Å². The number of carboxylic acids is 1. The Balaban J connectivity index is 3.99. The van der Waals surface area contributed by atoms with E-state index in [2.05, 4.69) is 19.1 Å². The van der Waals surface area contributed by atoms with Gasteiger partial charge in [-0.1, -0.05) is 119 Å². The van der Waals surface area contributed by atoms with Gasteiger partial charge in [0.05, 0.1) is 21.1 Å². The summed E-state index contributed by atoms with van der Waals surface area (Å²) in [6, 6.07) is 0. The fraction of sp³-hybridized carbons (Fsp3) is 0.621. The van der Waals surface area contributed by atoms with E-state index < -0.39 is 18.0 Å². The number of carbonyl (C=O) groups excluding carboxylic acids is 1. The summed E-state index contributed by atoms with van der Waals surface area (Å²) in [5.41, 5.74) is -1.43. The predicted molar refractivity (Wildman–Crippen MR) is 140 cm³/mol. The first-order valence-electron chi connectivity index (χ1n) is 12.8. The Labute approximate surface area is 203 Å². The highest BCUT2D eigenvalue weighted by atomic mass is 16.4. The molecule has 0 bridgehead atoms. The molecule has 33 heavy (non-hydrogen) atoms. The average Bonchev–Trinajstić information content (AvgIpc) is 2.70. The molecule has 0 rings (SSSR count). The summed E-state index contributed by atoms with van der Waals surface area (Å²) in [4.78, 5) is 11.0. The van der Waals surface area contributed by atoms with Crippen molar-refractivity contribution in [1.29, 1.82) is 0 Å². The van der Waals surface area contributed by atoms with Crippen LogP contribution in [-0.2, 0) is 4.79 Å². The van der Waals surface area contributed by atoms with Gasteiger partial charge in [-0.05, 0) is 18.9 Å². The molecule has 0 aliphatic rings. The average molecular weight is 460 g/mol. The van der Waals surface area contributed by atoms with Gasteiger partial charge in [0.25, 0.3) is 0 Å². The van der Waals surface area contributed by atoms with Gasteiger partial charge >= 0.3 is 0 Å². The molecule has 1 N–H and O–H groups in total. The summed E-state index contributed by atoms with van der Waals surface area (Å²) >= 11 is 0. The lowest BCUT2D eigenvalue weighted by Gasteiger charge is -2.34. The Morgan fingerprint density at radius 3 is 1.70 bits per heavy atom. The Kier molecular flexibility index (Phi) is 18.4. The molecule has 1 unspecified atom stereocenters. The normalized spacial score (nSPS) is 15.1. The molecule has 0 aromatic carbocycles. The largest absolute Gasteiger partial charge is 0.550 e. The number of rotatable bonds is 20. The highest BCUT2D eigenvalue weighted by Crippen LogP contribution is 2.16. The van der Waals surface area contributed by atoms with Gasteiger partial charge in [-0.3, -0.25) is 0 Å². The first-order valence-corrected chi connectivity index (χ1v) is 12.8. The summed E-state index contributed by atoms with van der Waals surface area (Å²) in [7, 11) is 5.72. The zero-order valence-corrected chi connectivity index (χ0v) is 21.7. The minimum atomic E-state index is -1.43. The van der Waals surface area contributed by atoms with Gasteiger partial charge < -0.3 is 19.5 Å². The van der Waals surface area contributed by atoms with Gasteiger partial charge in [-0.25, -0.2) is 0 Å². The smallest absolute Gasteiger partial charge is 0.137 e. The number of aliphatic carboxylic acids is 1. The van der Waals surface area contributed by atoms with Gasteiger partial charge in [-0.2, -0.15) is 0 Å². The SMILES string of the molecule is CCCCCCCCCCCCC=CC=CC=CC=CC=CC(O)(CC(=O)[O-])C[N+](C)(C)C. The Bertz CT molecular complexity index is 638. The third kappa shape index (κ3) is 23.1. The van der Waals surface area contributed by atoms with Crippen LogP contribution in [0.4, 0.5) is 0 Å². The summed E-state index contributed by atoms with van der Waals surface area (Å²) in [5, 5.41) is 21.5. The van der Waals surface area contributed by atoms with Crippen LogP contribution in [0.15, 0.2) is 60.8 Å². The number of carboxylic acid groups (broad SMARTS) is 1. The summed E-state index contributed by atoms with van der Waals surface area (Å²) in [6.07, 6.45) is 33.4. The maximum atomic E-state index is 11.0. The molecule has 4 nitrogen and oxygen atoms in total. The summed E-state index contributed by atoms with van der Waals surface area (Å²) in [5.74, 6) is -1.26. The second-order valence-electron chi connectivity index (χ2n) is 10.0. The van der Waals surface area contributed by atoms with Crippen LogP contribution in [0.3, 0.4) is 0 Å². The van der Waals surface area contributed by atoms with Crippen LogP contribution < -0.4 is 5.11 Å². The molecule has 0 spiro atoms. The molecule has 1 atom stereocenters. The van der Waals surface area contributed by atoms with E-state index in [1.807, 2.05) is 51.5 Å². The molecule has 0 fully saturated rings. The minimum absolute atomic E-state index is 0.287. The van der Waals surface area contributed by atoms with E-state index >= 15 is 0 Å². The third-order valence-electron chi connectivity index (χ3n) is 5.24. The second-order valence-corrected chi connectivity index (χ2v) is 10.0. The van der Waals surface area contributed by atoms with Crippen molar-refractivity contribution in [3.8, 4) is 0 Å². The van der Waals surface area contributed by atoms with Crippen LogP contribution in [0.25, 0.3) is 0 Å². The van der Waals surface area contributed by atoms with Crippen LogP contribution in [0.2, 0.25) is 0 Å². The minimum Gasteiger partial charge on any atom is -0.550 e. The second kappa shape index (κ2) is 19.5. The van der Waals surface area contributed by atoms with Crippen LogP contribution in [0.5, 0.6) is 0 Å². The fourth-order valence-corrected chi connectivity index (χ4v) is 3.78. The quantitative estimate of drug-likeness (QED) is 0.145. The predicted octanol–water partition coefficient (Wildman–Crippen LogP) is 5.66. The highest BCUT2D eigenvalue weighted by molar-refractivity contribution is 5.66. The van der Waals surface area contributed by atoms with Gasteiger partial charge in [-0.15, -0.1) is 0 Å². The molecular weight excluding hydrogens is 410 g/mol. The molecule has 0 radical (unpaired) electrons. The third-order valence-corrected chi connectivity index (χ3v) is 5.24.